The predicted molar refractivity (Wildman–Crippen MR) is 357 cm³/mol. The molecular weight excluding hydrogens is 1260 g/mol. The molecule has 5 fully saturated rings. The van der Waals surface area contributed by atoms with E-state index in [0.717, 1.165) is 59.1 Å². The normalized spacial score (nSPS) is 26.1. The summed E-state index contributed by atoms with van der Waals surface area (Å²) in [6.07, 6.45) is -1.66. The van der Waals surface area contributed by atoms with Gasteiger partial charge >= 0.3 is 18.0 Å². The zero-order chi connectivity index (χ0) is 67.9. The van der Waals surface area contributed by atoms with Crippen LogP contribution in [0.2, 0.25) is 0 Å². The van der Waals surface area contributed by atoms with Gasteiger partial charge in [0.05, 0.1) is 40.5 Å². The van der Waals surface area contributed by atoms with E-state index in [-0.39, 0.29) is 78.4 Å². The van der Waals surface area contributed by atoms with Gasteiger partial charge in [-0.3, -0.25) is 19.3 Å². The number of benzene rings is 3. The summed E-state index contributed by atoms with van der Waals surface area (Å²) in [7, 11) is -4.53. The maximum absolute atomic E-state index is 14.2. The van der Waals surface area contributed by atoms with Gasteiger partial charge in [0.25, 0.3) is 16.0 Å². The van der Waals surface area contributed by atoms with Crippen LogP contribution in [0.3, 0.4) is 0 Å². The first-order valence-corrected chi connectivity index (χ1v) is 35.0. The number of amides is 2. The number of anilines is 3. The largest absolute Gasteiger partial charge is 0.479 e. The van der Waals surface area contributed by atoms with Crippen molar-refractivity contribution >= 4 is 72.2 Å². The summed E-state index contributed by atoms with van der Waals surface area (Å²) in [5, 5.41) is 67.5. The Morgan fingerprint density at radius 2 is 1.63 bits per heavy atom. The van der Waals surface area contributed by atoms with E-state index < -0.39 is 76.6 Å². The molecule has 2 amide bonds. The van der Waals surface area contributed by atoms with Crippen LogP contribution >= 0.6 is 11.3 Å². The van der Waals surface area contributed by atoms with E-state index in [4.69, 9.17) is 30.0 Å². The van der Waals surface area contributed by atoms with Crippen molar-refractivity contribution in [2.75, 3.05) is 60.6 Å². The molecule has 27 heteroatoms. The highest BCUT2D eigenvalue weighted by Gasteiger charge is 2.66. The average molecular weight is 1350 g/mol. The number of carboxylic acids is 2. The van der Waals surface area contributed by atoms with E-state index in [1.165, 1.54) is 16.2 Å². The van der Waals surface area contributed by atoms with Gasteiger partial charge < -0.3 is 65.9 Å². The number of hydrogen-bond donors (Lipinski definition) is 10. The monoisotopic (exact) mass is 1350 g/mol. The number of fused-ring (bicyclic) bond motifs is 2. The number of aromatic carboxylic acids is 1. The molecule has 9 atom stereocenters. The minimum Gasteiger partial charge on any atom is -0.479 e. The summed E-state index contributed by atoms with van der Waals surface area (Å²) in [4.78, 5) is 65.7. The molecule has 2 unspecified atom stereocenters. The van der Waals surface area contributed by atoms with Gasteiger partial charge in [0, 0.05) is 86.0 Å². The Hall–Kier alpha value is -7.18. The number of carbonyl (C=O) groups excluding carboxylic acids is 2. The van der Waals surface area contributed by atoms with Gasteiger partial charge in [-0.05, 0) is 159 Å². The first-order chi connectivity index (χ1) is 45.0. The van der Waals surface area contributed by atoms with Crippen molar-refractivity contribution in [1.29, 1.82) is 0 Å². The number of thiazole rings is 1. The number of nitrogens with one attached hydrogen (secondary N) is 3. The lowest BCUT2D eigenvalue weighted by molar-refractivity contribution is -0.248. The second-order valence-electron chi connectivity index (χ2n) is 28.3. The number of ether oxygens (including phenoxy) is 3. The van der Waals surface area contributed by atoms with Gasteiger partial charge in [-0.2, -0.15) is 13.5 Å². The lowest BCUT2D eigenvalue weighted by atomic mass is 9.39. The summed E-state index contributed by atoms with van der Waals surface area (Å²) in [5.41, 5.74) is 11.9. The van der Waals surface area contributed by atoms with Crippen molar-refractivity contribution in [3.05, 3.63) is 118 Å². The lowest BCUT2D eigenvalue weighted by Crippen LogP contribution is -2.64. The quantitative estimate of drug-likeness (QED) is 0.0226. The highest BCUT2D eigenvalue weighted by atomic mass is 32.2. The first kappa shape index (κ1) is 69.2. The second-order valence-corrected chi connectivity index (χ2v) is 30.9. The van der Waals surface area contributed by atoms with Gasteiger partial charge in [0.2, 0.25) is 0 Å². The van der Waals surface area contributed by atoms with E-state index >= 15 is 0 Å². The number of pyridine rings is 1. The number of carboxylic acid groups (broad SMARTS) is 2. The number of aromatic nitrogens is 4. The Balaban J connectivity index is 0.764. The molecule has 11 N–H and O–H groups in total. The Bertz CT molecular complexity index is 3910. The Kier molecular flexibility index (Phi) is 20.2. The molecule has 5 heterocycles. The standard InChI is InChI=1S/C68H88N10O15S2/c1-39(2)50(69)29-70-40(3)27-71-45-16-14-44(43(26-45)15-18-52-56(79)57(80)58(81)59(93-52)62(85)86)31-91-64(87)76(23-25-95(88,89)90)22-24-92-68-35-65(5)32-66(6,36-68)34-67(33-65,37-68)38-78-41(4)48(28-72-78)46-17-19-54(74-55(46)61(83)84)77-21-20-42-10-9-11-47(49(42)30-77)60(82)75-63-73-51-12-7-8-13-53(51)94-63/h7-14,16-17,19,26,28,39-40,50,52,56-59,70-71,79-81H,15,18,20-25,27,29-38,69H2,1-6H3,(H,83,84)(H,85,86)(H,73,75,82)(H,88,89,90)/t40-,50+,52+,56+,57-,58+,59+,65?,66?,67?,68?/m1/s1. The molecule has 512 valence electrons. The summed E-state index contributed by atoms with van der Waals surface area (Å²) in [6, 6.07) is 22.3. The number of carbonyl (C=O) groups is 4. The molecule has 6 aliphatic rings. The highest BCUT2D eigenvalue weighted by Crippen LogP contribution is 2.72. The zero-order valence-electron chi connectivity index (χ0n) is 54.5. The van der Waals surface area contributed by atoms with Gasteiger partial charge in [-0.1, -0.05) is 69.4 Å². The molecule has 4 saturated carbocycles. The number of rotatable bonds is 27. The maximum atomic E-state index is 14.2. The van der Waals surface area contributed by atoms with Crippen molar-refractivity contribution in [3.8, 4) is 11.1 Å². The molecule has 0 radical (unpaired) electrons. The summed E-state index contributed by atoms with van der Waals surface area (Å²) >= 11 is 1.40. The van der Waals surface area contributed by atoms with Crippen LogP contribution in [0, 0.1) is 29.1 Å². The second kappa shape index (κ2) is 27.7. The molecule has 0 spiro atoms. The predicted octanol–water partition coefficient (Wildman–Crippen LogP) is 7.28. The van der Waals surface area contributed by atoms with Crippen LogP contribution in [0.25, 0.3) is 21.3 Å². The van der Waals surface area contributed by atoms with Crippen LogP contribution in [-0.4, -0.2) is 180 Å². The van der Waals surface area contributed by atoms with Gasteiger partial charge in [-0.15, -0.1) is 0 Å². The lowest BCUT2D eigenvalue weighted by Gasteiger charge is -2.69. The van der Waals surface area contributed by atoms with Gasteiger partial charge in [0.1, 0.15) is 30.7 Å². The summed E-state index contributed by atoms with van der Waals surface area (Å²) in [5.74, 6) is -2.99. The number of hydrogen-bond acceptors (Lipinski definition) is 20. The average Bonchev–Trinajstić information content (AvgIpc) is 1.07. The molecule has 95 heavy (non-hydrogen) atoms. The molecule has 3 aromatic carbocycles. The minimum absolute atomic E-state index is 0.00258. The van der Waals surface area contributed by atoms with Gasteiger partial charge in [-0.25, -0.2) is 24.4 Å². The van der Waals surface area contributed by atoms with Crippen LogP contribution < -0.4 is 26.6 Å². The minimum atomic E-state index is -4.53. The van der Waals surface area contributed by atoms with Crippen molar-refractivity contribution in [2.45, 2.75) is 167 Å². The fourth-order valence-corrected chi connectivity index (χ4v) is 17.6. The molecule has 6 aromatic rings. The Labute approximate surface area is 556 Å². The van der Waals surface area contributed by atoms with Crippen LogP contribution in [0.4, 0.5) is 21.4 Å². The van der Waals surface area contributed by atoms with E-state index in [9.17, 15) is 57.7 Å². The topological polar surface area (TPSA) is 364 Å². The maximum Gasteiger partial charge on any atom is 0.410 e. The number of aliphatic carboxylic acids is 1. The molecule has 2 aliphatic heterocycles. The fraction of sp³-hybridized carbons (Fsp3) is 0.544. The molecule has 4 aliphatic carbocycles. The Morgan fingerprint density at radius 1 is 0.874 bits per heavy atom. The van der Waals surface area contributed by atoms with Crippen LogP contribution in [0.1, 0.15) is 128 Å². The van der Waals surface area contributed by atoms with Gasteiger partial charge in [0.15, 0.2) is 16.9 Å². The zero-order valence-corrected chi connectivity index (χ0v) is 56.1. The van der Waals surface area contributed by atoms with E-state index in [1.54, 1.807) is 30.5 Å². The molecular formula is C68H88N10O15S2. The molecule has 1 saturated heterocycles. The van der Waals surface area contributed by atoms with Crippen molar-refractivity contribution in [3.63, 3.8) is 0 Å². The van der Waals surface area contributed by atoms with Crippen LogP contribution in [0.15, 0.2) is 79.0 Å². The number of aliphatic hydroxyl groups excluding tert-OH is 3. The third kappa shape index (κ3) is 15.6. The number of para-hydroxylation sites is 1. The third-order valence-corrected chi connectivity index (χ3v) is 21.6. The molecule has 3 aromatic heterocycles. The number of nitrogens with zero attached hydrogens (tertiary/aromatic N) is 6. The summed E-state index contributed by atoms with van der Waals surface area (Å²) in [6.45, 7) is 14.4. The number of nitrogens with two attached hydrogens (primary N) is 1. The van der Waals surface area contributed by atoms with E-state index in [2.05, 4.69) is 48.6 Å². The van der Waals surface area contributed by atoms with Crippen molar-refractivity contribution < 1.29 is 71.9 Å². The van der Waals surface area contributed by atoms with Crippen LogP contribution in [-0.2, 0) is 61.7 Å². The SMILES string of the molecule is Cc1c(-c2ccc(N3CCc4cccc(C(=O)Nc5nc6ccccc6s5)c4C3)nc2C(=O)O)cnn1CC12CC3(C)CC(C)(C1)CC(OCCN(CCS(=O)(=O)O)C(=O)OCc1ccc(NC[C@@H](C)NC[C@H](N)C(C)C)cc1CC[C@@H]1O[C@H](C(=O)O)[C@@H](O)[C@H](O)[C@H]1O)(C3)C2. The van der Waals surface area contributed by atoms with Crippen LogP contribution in [0.5, 0.6) is 0 Å². The fourth-order valence-electron chi connectivity index (χ4n) is 16.3. The van der Waals surface area contributed by atoms with E-state index in [1.807, 2.05) is 72.0 Å². The first-order valence-electron chi connectivity index (χ1n) is 32.6. The van der Waals surface area contributed by atoms with E-state index in [0.29, 0.717) is 90.0 Å². The van der Waals surface area contributed by atoms with Crippen molar-refractivity contribution in [2.24, 2.45) is 27.9 Å². The molecule has 25 nitrogen and oxygen atoms in total. The molecule has 4 bridgehead atoms. The third-order valence-electron chi connectivity index (χ3n) is 20.0. The number of aliphatic hydroxyl groups is 3. The highest BCUT2D eigenvalue weighted by molar-refractivity contribution is 7.85. The number of aryl methyl sites for hydroxylation is 1. The van der Waals surface area contributed by atoms with Crippen molar-refractivity contribution in [1.82, 2.24) is 30.0 Å². The Morgan fingerprint density at radius 3 is 2.35 bits per heavy atom. The molecule has 12 rings (SSSR count). The summed E-state index contributed by atoms with van der Waals surface area (Å²) < 4.78 is 55.8. The smallest absolute Gasteiger partial charge is 0.410 e.